The first kappa shape index (κ1) is 18.8. The Bertz CT molecular complexity index is 431. The summed E-state index contributed by atoms with van der Waals surface area (Å²) in [5, 5.41) is 2.09. The van der Waals surface area contributed by atoms with Gasteiger partial charge in [-0.05, 0) is 41.5 Å². The molecule has 0 fully saturated rings. The average molecular weight is 302 g/mol. The maximum atomic E-state index is 11.5. The summed E-state index contributed by atoms with van der Waals surface area (Å²) in [6.07, 6.45) is -1.80. The standard InChI is InChI=1S/C13H22N2O6/c1-8(14-10(17)19-12(2,3)4)9(16)21-15-11(18)20-13(5,6)7/h1H2,2-7H3,(H,14,17)(H,15,18). The number of amides is 2. The van der Waals surface area contributed by atoms with Crippen molar-refractivity contribution >= 4 is 18.2 Å². The molecule has 120 valence electrons. The SMILES string of the molecule is C=C(NC(=O)OC(C)(C)C)C(=O)ONC(=O)OC(C)(C)C. The second-order valence-electron chi connectivity index (χ2n) is 6.10. The van der Waals surface area contributed by atoms with Gasteiger partial charge in [0.15, 0.2) is 0 Å². The predicted octanol–water partition coefficient (Wildman–Crippen LogP) is 2.01. The Morgan fingerprint density at radius 3 is 1.71 bits per heavy atom. The number of hydrogen-bond acceptors (Lipinski definition) is 6. The number of hydroxylamine groups is 1. The summed E-state index contributed by atoms with van der Waals surface area (Å²) in [7, 11) is 0. The minimum atomic E-state index is -1.05. The summed E-state index contributed by atoms with van der Waals surface area (Å²) >= 11 is 0. The van der Waals surface area contributed by atoms with Crippen LogP contribution >= 0.6 is 0 Å². The monoisotopic (exact) mass is 302 g/mol. The largest absolute Gasteiger partial charge is 0.444 e. The molecule has 8 heteroatoms. The lowest BCUT2D eigenvalue weighted by molar-refractivity contribution is -0.146. The highest BCUT2D eigenvalue weighted by molar-refractivity contribution is 5.92. The van der Waals surface area contributed by atoms with E-state index in [1.54, 1.807) is 47.0 Å². The summed E-state index contributed by atoms with van der Waals surface area (Å²) in [6, 6.07) is 0. The molecule has 0 aliphatic carbocycles. The molecule has 0 atom stereocenters. The van der Waals surface area contributed by atoms with Crippen LogP contribution in [0.5, 0.6) is 0 Å². The van der Waals surface area contributed by atoms with Crippen molar-refractivity contribution < 1.29 is 28.7 Å². The van der Waals surface area contributed by atoms with Crippen LogP contribution in [-0.4, -0.2) is 29.4 Å². The van der Waals surface area contributed by atoms with Crippen LogP contribution < -0.4 is 10.8 Å². The fourth-order valence-corrected chi connectivity index (χ4v) is 0.926. The molecule has 0 heterocycles. The number of hydrogen-bond donors (Lipinski definition) is 2. The van der Waals surface area contributed by atoms with Gasteiger partial charge in [0.1, 0.15) is 16.9 Å². The van der Waals surface area contributed by atoms with E-state index in [1.165, 1.54) is 0 Å². The zero-order chi connectivity index (χ0) is 16.8. The van der Waals surface area contributed by atoms with Crippen LogP contribution in [0.2, 0.25) is 0 Å². The van der Waals surface area contributed by atoms with Crippen molar-refractivity contribution in [2.24, 2.45) is 0 Å². The average Bonchev–Trinajstić information content (AvgIpc) is 2.20. The van der Waals surface area contributed by atoms with Gasteiger partial charge in [-0.15, -0.1) is 5.48 Å². The quantitative estimate of drug-likeness (QED) is 0.459. The second kappa shape index (κ2) is 6.96. The third-order valence-electron chi connectivity index (χ3n) is 1.52. The van der Waals surface area contributed by atoms with Crippen LogP contribution in [0.1, 0.15) is 41.5 Å². The number of carbonyl (C=O) groups is 3. The summed E-state index contributed by atoms with van der Waals surface area (Å²) in [5.41, 5.74) is -0.0640. The number of rotatable bonds is 2. The molecule has 0 aliphatic rings. The minimum Gasteiger partial charge on any atom is -0.444 e. The third kappa shape index (κ3) is 10.2. The molecule has 0 saturated heterocycles. The topological polar surface area (TPSA) is 103 Å². The predicted molar refractivity (Wildman–Crippen MR) is 74.0 cm³/mol. The lowest BCUT2D eigenvalue weighted by Gasteiger charge is -2.20. The molecule has 8 nitrogen and oxygen atoms in total. The van der Waals surface area contributed by atoms with Gasteiger partial charge < -0.3 is 14.3 Å². The van der Waals surface area contributed by atoms with Crippen molar-refractivity contribution in [2.75, 3.05) is 0 Å². The zero-order valence-electron chi connectivity index (χ0n) is 13.2. The summed E-state index contributed by atoms with van der Waals surface area (Å²) in [4.78, 5) is 38.5. The molecule has 0 unspecified atom stereocenters. The summed E-state index contributed by atoms with van der Waals surface area (Å²) in [5.74, 6) is -1.05. The highest BCUT2D eigenvalue weighted by atomic mass is 16.7. The van der Waals surface area contributed by atoms with E-state index in [9.17, 15) is 14.4 Å². The molecule has 2 amide bonds. The van der Waals surface area contributed by atoms with Gasteiger partial charge in [-0.2, -0.15) is 0 Å². The number of nitrogens with one attached hydrogen (secondary N) is 2. The van der Waals surface area contributed by atoms with Gasteiger partial charge in [0.05, 0.1) is 0 Å². The van der Waals surface area contributed by atoms with Crippen LogP contribution in [0.15, 0.2) is 12.3 Å². The Morgan fingerprint density at radius 1 is 0.857 bits per heavy atom. The minimum absolute atomic E-state index is 0.389. The van der Waals surface area contributed by atoms with Crippen molar-refractivity contribution in [1.29, 1.82) is 0 Å². The molecule has 0 saturated carbocycles. The Balaban J connectivity index is 4.21. The van der Waals surface area contributed by atoms with Crippen molar-refractivity contribution in [3.63, 3.8) is 0 Å². The maximum absolute atomic E-state index is 11.5. The van der Waals surface area contributed by atoms with Crippen molar-refractivity contribution in [1.82, 2.24) is 10.8 Å². The summed E-state index contributed by atoms with van der Waals surface area (Å²) < 4.78 is 9.77. The molecule has 0 aromatic rings. The first-order chi connectivity index (χ1) is 9.30. The first-order valence-corrected chi connectivity index (χ1v) is 6.19. The number of alkyl carbamates (subject to hydrolysis) is 1. The van der Waals surface area contributed by atoms with E-state index in [0.717, 1.165) is 0 Å². The second-order valence-corrected chi connectivity index (χ2v) is 6.10. The lowest BCUT2D eigenvalue weighted by atomic mass is 10.2. The fraction of sp³-hybridized carbons (Fsp3) is 0.615. The molecular formula is C13H22N2O6. The van der Waals surface area contributed by atoms with Crippen molar-refractivity contribution in [3.05, 3.63) is 12.3 Å². The maximum Gasteiger partial charge on any atom is 0.441 e. The highest BCUT2D eigenvalue weighted by Crippen LogP contribution is 2.08. The van der Waals surface area contributed by atoms with Crippen LogP contribution in [0.25, 0.3) is 0 Å². The fourth-order valence-electron chi connectivity index (χ4n) is 0.926. The van der Waals surface area contributed by atoms with E-state index >= 15 is 0 Å². The van der Waals surface area contributed by atoms with E-state index in [4.69, 9.17) is 9.47 Å². The number of ether oxygens (including phenoxy) is 2. The van der Waals surface area contributed by atoms with E-state index in [2.05, 4.69) is 16.7 Å². The van der Waals surface area contributed by atoms with Gasteiger partial charge in [0.25, 0.3) is 0 Å². The molecule has 0 aliphatic heterocycles. The Morgan fingerprint density at radius 2 is 1.29 bits per heavy atom. The van der Waals surface area contributed by atoms with Gasteiger partial charge in [-0.1, -0.05) is 6.58 Å². The van der Waals surface area contributed by atoms with Gasteiger partial charge in [-0.3, -0.25) is 5.32 Å². The van der Waals surface area contributed by atoms with E-state index in [1.807, 2.05) is 0 Å². The van der Waals surface area contributed by atoms with Crippen LogP contribution in [-0.2, 0) is 19.1 Å². The molecule has 0 aromatic carbocycles. The smallest absolute Gasteiger partial charge is 0.441 e. The van der Waals surface area contributed by atoms with E-state index in [-0.39, 0.29) is 5.70 Å². The first-order valence-electron chi connectivity index (χ1n) is 6.19. The summed E-state index contributed by atoms with van der Waals surface area (Å²) in [6.45, 7) is 13.2. The van der Waals surface area contributed by atoms with E-state index < -0.39 is 29.4 Å². The normalized spacial score (nSPS) is 11.1. The van der Waals surface area contributed by atoms with Crippen LogP contribution in [0.3, 0.4) is 0 Å². The molecule has 2 N–H and O–H groups in total. The van der Waals surface area contributed by atoms with Crippen LogP contribution in [0, 0.1) is 0 Å². The molecule has 0 spiro atoms. The van der Waals surface area contributed by atoms with Gasteiger partial charge in [-0.25, -0.2) is 14.4 Å². The van der Waals surface area contributed by atoms with Crippen molar-refractivity contribution in [3.8, 4) is 0 Å². The third-order valence-corrected chi connectivity index (χ3v) is 1.52. The zero-order valence-corrected chi connectivity index (χ0v) is 13.2. The van der Waals surface area contributed by atoms with Crippen LogP contribution in [0.4, 0.5) is 9.59 Å². The molecule has 0 aromatic heterocycles. The molecular weight excluding hydrogens is 280 g/mol. The molecule has 0 rings (SSSR count). The van der Waals surface area contributed by atoms with Crippen molar-refractivity contribution in [2.45, 2.75) is 52.7 Å². The van der Waals surface area contributed by atoms with Gasteiger partial charge >= 0.3 is 18.2 Å². The Hall–Kier alpha value is -2.25. The van der Waals surface area contributed by atoms with Gasteiger partial charge in [0.2, 0.25) is 0 Å². The molecule has 0 bridgehead atoms. The number of carbonyl (C=O) groups excluding carboxylic acids is 3. The Labute approximate surface area is 123 Å². The van der Waals surface area contributed by atoms with E-state index in [0.29, 0.717) is 0 Å². The van der Waals surface area contributed by atoms with Gasteiger partial charge in [0, 0.05) is 0 Å². The lowest BCUT2D eigenvalue weighted by Crippen LogP contribution is -2.38. The Kier molecular flexibility index (Phi) is 6.21. The highest BCUT2D eigenvalue weighted by Gasteiger charge is 2.21. The molecule has 0 radical (unpaired) electrons. The molecule has 21 heavy (non-hydrogen) atoms.